The Labute approximate surface area is 197 Å². The third-order valence-corrected chi connectivity index (χ3v) is 7.13. The quantitative estimate of drug-likeness (QED) is 0.223. The van der Waals surface area contributed by atoms with E-state index in [1.807, 2.05) is 0 Å². The number of nitrogens with zero attached hydrogens (tertiary/aromatic N) is 2. The number of para-hydroxylation sites is 1. The molecule has 0 N–H and O–H groups in total. The first-order valence-electron chi connectivity index (χ1n) is 11.7. The first-order valence-corrected chi connectivity index (χ1v) is 11.7. The summed E-state index contributed by atoms with van der Waals surface area (Å²) < 4.78 is 2.15. The minimum Gasteiger partial charge on any atom is -0.232 e. The Kier molecular flexibility index (Phi) is 4.01. The average molecular weight is 436 g/mol. The first kappa shape index (κ1) is 19.2. The molecule has 2 heteroatoms. The van der Waals surface area contributed by atoms with E-state index in [0.29, 0.717) is 0 Å². The lowest BCUT2D eigenvalue weighted by Gasteiger charge is -2.06. The summed E-state index contributed by atoms with van der Waals surface area (Å²) in [4.78, 5) is 5.27. The molecule has 0 atom stereocenters. The fraction of sp³-hybridized carbons (Fsp3) is 0.0625. The molecule has 2 heterocycles. The molecule has 2 aromatic heterocycles. The maximum atomic E-state index is 5.27. The zero-order valence-electron chi connectivity index (χ0n) is 19.2. The van der Waals surface area contributed by atoms with Crippen molar-refractivity contribution in [3.63, 3.8) is 0 Å². The summed E-state index contributed by atoms with van der Waals surface area (Å²) in [7, 11) is 2.09. The highest BCUT2D eigenvalue weighted by Gasteiger charge is 2.14. The Morgan fingerprint density at radius 3 is 2.06 bits per heavy atom. The molecule has 8 bridgehead atoms. The summed E-state index contributed by atoms with van der Waals surface area (Å²) in [5.41, 5.74) is 3.23. The summed E-state index contributed by atoms with van der Waals surface area (Å²) in [5, 5.41) is 12.1. The van der Waals surface area contributed by atoms with Gasteiger partial charge in [0.1, 0.15) is 6.20 Å². The van der Waals surface area contributed by atoms with E-state index in [4.69, 9.17) is 4.98 Å². The monoisotopic (exact) mass is 435 g/mol. The molecule has 0 saturated heterocycles. The Hall–Kier alpha value is -4.30. The summed E-state index contributed by atoms with van der Waals surface area (Å²) >= 11 is 0. The van der Waals surface area contributed by atoms with Gasteiger partial charge in [0, 0.05) is 5.39 Å². The van der Waals surface area contributed by atoms with Crippen LogP contribution in [0.4, 0.5) is 0 Å². The van der Waals surface area contributed by atoms with Gasteiger partial charge < -0.3 is 0 Å². The zero-order valence-corrected chi connectivity index (χ0v) is 19.2. The lowest BCUT2D eigenvalue weighted by atomic mass is 9.99. The highest BCUT2D eigenvalue weighted by Crippen LogP contribution is 2.30. The first-order chi connectivity index (χ1) is 16.7. The molecule has 2 nitrogen and oxygen atoms in total. The van der Waals surface area contributed by atoms with Crippen LogP contribution in [0.2, 0.25) is 0 Å². The van der Waals surface area contributed by atoms with Gasteiger partial charge in [-0.15, -0.1) is 0 Å². The molecular weight excluding hydrogens is 412 g/mol. The summed E-state index contributed by atoms with van der Waals surface area (Å²) in [6.07, 6.45) is 2.20. The molecule has 0 radical (unpaired) electrons. The second-order valence-corrected chi connectivity index (χ2v) is 9.27. The van der Waals surface area contributed by atoms with Crippen LogP contribution in [0.1, 0.15) is 5.56 Å². The molecule has 0 unspecified atom stereocenters. The van der Waals surface area contributed by atoms with Crippen LogP contribution >= 0.6 is 0 Å². The predicted octanol–water partition coefficient (Wildman–Crippen LogP) is 7.70. The van der Waals surface area contributed by atoms with E-state index in [1.54, 1.807) is 0 Å². The van der Waals surface area contributed by atoms with E-state index in [9.17, 15) is 0 Å². The van der Waals surface area contributed by atoms with Crippen molar-refractivity contribution < 1.29 is 4.57 Å². The number of hydrogen-bond donors (Lipinski definition) is 0. The number of hydrogen-bond acceptors (Lipinski definition) is 1. The molecule has 5 aromatic carbocycles. The zero-order chi connectivity index (χ0) is 22.8. The van der Waals surface area contributed by atoms with Crippen molar-refractivity contribution in [3.05, 3.63) is 109 Å². The fourth-order valence-corrected chi connectivity index (χ4v) is 5.33. The lowest BCUT2D eigenvalue weighted by Crippen LogP contribution is -2.29. The standard InChI is InChI=1S/C32H23N2/c1-20-12-13-25-18-29(20)32-33-31-26(19-34(32)2)9-5-11-28(31)24-8-3-7-22(16-24)23-15-14-21-6-4-10-27(25)30(21)17-23/h3-19H,1-2H3/q+1. The van der Waals surface area contributed by atoms with Gasteiger partial charge in [-0.3, -0.25) is 0 Å². The van der Waals surface area contributed by atoms with Crippen LogP contribution < -0.4 is 4.57 Å². The molecule has 0 aliphatic rings. The van der Waals surface area contributed by atoms with Gasteiger partial charge in [0.2, 0.25) is 0 Å². The van der Waals surface area contributed by atoms with Crippen molar-refractivity contribution in [2.75, 3.05) is 0 Å². The van der Waals surface area contributed by atoms with Crippen molar-refractivity contribution in [3.8, 4) is 0 Å². The SMILES string of the molecule is Cc1ccc2cc1c1nc3c(cccc3c3cccc(c3)c3ccc4cccc2c4c3)c[n+]1C. The number of aromatic nitrogens is 2. The Balaban J connectivity index is 1.86. The molecule has 7 rings (SSSR count). The van der Waals surface area contributed by atoms with Crippen molar-refractivity contribution in [2.45, 2.75) is 6.92 Å². The minimum absolute atomic E-state index is 0.980. The van der Waals surface area contributed by atoms with Gasteiger partial charge in [0.05, 0.1) is 17.8 Å². The van der Waals surface area contributed by atoms with E-state index >= 15 is 0 Å². The van der Waals surface area contributed by atoms with Gasteiger partial charge in [-0.25, -0.2) is 4.57 Å². The predicted molar refractivity (Wildman–Crippen MR) is 144 cm³/mol. The Morgan fingerprint density at radius 2 is 1.15 bits per heavy atom. The molecule has 0 amide bonds. The average Bonchev–Trinajstić information content (AvgIpc) is 2.87. The van der Waals surface area contributed by atoms with Gasteiger partial charge in [0.15, 0.2) is 5.52 Å². The Morgan fingerprint density at radius 1 is 0.529 bits per heavy atom. The van der Waals surface area contributed by atoms with Crippen LogP contribution in [0.3, 0.4) is 0 Å². The largest absolute Gasteiger partial charge is 0.331 e. The van der Waals surface area contributed by atoms with E-state index in [2.05, 4.69) is 122 Å². The van der Waals surface area contributed by atoms with Crippen molar-refractivity contribution >= 4 is 65.0 Å². The van der Waals surface area contributed by atoms with Crippen LogP contribution in [0.25, 0.3) is 65.0 Å². The van der Waals surface area contributed by atoms with Crippen molar-refractivity contribution in [2.24, 2.45) is 7.05 Å². The fourth-order valence-electron chi connectivity index (χ4n) is 5.33. The van der Waals surface area contributed by atoms with Crippen LogP contribution in [-0.2, 0) is 7.05 Å². The number of fused-ring (bicyclic) bond motifs is 10. The number of benzene rings is 5. The molecule has 0 aliphatic heterocycles. The van der Waals surface area contributed by atoms with E-state index in [1.165, 1.54) is 43.3 Å². The van der Waals surface area contributed by atoms with E-state index in [-0.39, 0.29) is 0 Å². The van der Waals surface area contributed by atoms with Crippen LogP contribution in [0.15, 0.2) is 103 Å². The third-order valence-electron chi connectivity index (χ3n) is 7.13. The molecule has 34 heavy (non-hydrogen) atoms. The third kappa shape index (κ3) is 2.82. The van der Waals surface area contributed by atoms with Gasteiger partial charge >= 0.3 is 5.65 Å². The summed E-state index contributed by atoms with van der Waals surface area (Å²) in [6.45, 7) is 2.17. The summed E-state index contributed by atoms with van der Waals surface area (Å²) in [5.74, 6) is 0. The van der Waals surface area contributed by atoms with Gasteiger partial charge in [0.25, 0.3) is 0 Å². The smallest absolute Gasteiger partial charge is 0.232 e. The highest BCUT2D eigenvalue weighted by molar-refractivity contribution is 6.11. The molecule has 0 aliphatic carbocycles. The van der Waals surface area contributed by atoms with Crippen molar-refractivity contribution in [1.29, 1.82) is 0 Å². The van der Waals surface area contributed by atoms with Crippen LogP contribution in [0, 0.1) is 6.92 Å². The normalized spacial score (nSPS) is 11.8. The maximum Gasteiger partial charge on any atom is 0.331 e. The maximum absolute atomic E-state index is 5.27. The summed E-state index contributed by atoms with van der Waals surface area (Å²) in [6, 6.07) is 35.5. The van der Waals surface area contributed by atoms with Gasteiger partial charge in [-0.2, -0.15) is 0 Å². The molecule has 0 spiro atoms. The second kappa shape index (κ2) is 7.10. The van der Waals surface area contributed by atoms with Crippen LogP contribution in [-0.4, -0.2) is 4.98 Å². The molecule has 7 aromatic rings. The van der Waals surface area contributed by atoms with Crippen LogP contribution in [0.5, 0.6) is 0 Å². The molecule has 0 saturated carbocycles. The van der Waals surface area contributed by atoms with E-state index in [0.717, 1.165) is 27.3 Å². The van der Waals surface area contributed by atoms with E-state index < -0.39 is 0 Å². The molecular formula is C32H23N2+. The molecule has 0 fully saturated rings. The number of aryl methyl sites for hydroxylation is 2. The highest BCUT2D eigenvalue weighted by atomic mass is 15.0. The second-order valence-electron chi connectivity index (χ2n) is 9.27. The van der Waals surface area contributed by atoms with Crippen molar-refractivity contribution in [1.82, 2.24) is 4.98 Å². The molecule has 160 valence electrons. The topological polar surface area (TPSA) is 16.8 Å². The lowest BCUT2D eigenvalue weighted by molar-refractivity contribution is -0.645. The van der Waals surface area contributed by atoms with Gasteiger partial charge in [-0.05, 0) is 85.5 Å². The van der Waals surface area contributed by atoms with Gasteiger partial charge in [-0.1, -0.05) is 66.7 Å². The Bertz CT molecular complexity index is 1980. The minimum atomic E-state index is 0.980. The number of rotatable bonds is 0.